The third-order valence-electron chi connectivity index (χ3n) is 4.00. The molecule has 0 saturated heterocycles. The molecule has 4 heteroatoms. The molecule has 0 aliphatic heterocycles. The topological polar surface area (TPSA) is 35.5 Å². The highest BCUT2D eigenvalue weighted by Crippen LogP contribution is 2.50. The zero-order chi connectivity index (χ0) is 16.2. The number of carbonyl (C=O) groups is 1. The lowest BCUT2D eigenvalue weighted by molar-refractivity contribution is -0.144. The van der Waals surface area contributed by atoms with Crippen LogP contribution in [0.25, 0.3) is 0 Å². The van der Waals surface area contributed by atoms with Crippen LogP contribution in [-0.4, -0.2) is 12.6 Å². The summed E-state index contributed by atoms with van der Waals surface area (Å²) in [5, 5.41) is 0.646. The molecule has 1 saturated carbocycles. The Morgan fingerprint density at radius 1 is 1.22 bits per heavy atom. The minimum atomic E-state index is -0.127. The third kappa shape index (κ3) is 3.85. The molecular formula is C19H19ClO3. The monoisotopic (exact) mass is 330 g/mol. The minimum Gasteiger partial charge on any atom is -0.489 e. The van der Waals surface area contributed by atoms with Crippen molar-refractivity contribution in [2.75, 3.05) is 6.61 Å². The molecule has 0 N–H and O–H groups in total. The first-order chi connectivity index (χ1) is 11.2. The molecule has 3 rings (SSSR count). The van der Waals surface area contributed by atoms with Crippen LogP contribution in [0.15, 0.2) is 48.5 Å². The molecule has 1 aliphatic rings. The van der Waals surface area contributed by atoms with Crippen LogP contribution >= 0.6 is 11.6 Å². The van der Waals surface area contributed by atoms with Crippen LogP contribution in [0.1, 0.15) is 30.4 Å². The maximum absolute atomic E-state index is 11.7. The second kappa shape index (κ2) is 7.05. The quantitative estimate of drug-likeness (QED) is 0.727. The van der Waals surface area contributed by atoms with E-state index in [0.29, 0.717) is 18.2 Å². The molecule has 0 heterocycles. The van der Waals surface area contributed by atoms with Gasteiger partial charge in [-0.2, -0.15) is 0 Å². The fraction of sp³-hybridized carbons (Fsp3) is 0.316. The van der Waals surface area contributed by atoms with E-state index in [1.807, 2.05) is 55.5 Å². The number of carbonyl (C=O) groups excluding carboxylic acids is 1. The van der Waals surface area contributed by atoms with Gasteiger partial charge in [-0.15, -0.1) is 0 Å². The number of benzene rings is 2. The Morgan fingerprint density at radius 2 is 2.00 bits per heavy atom. The van der Waals surface area contributed by atoms with Gasteiger partial charge in [-0.05, 0) is 42.5 Å². The zero-order valence-corrected chi connectivity index (χ0v) is 13.8. The van der Waals surface area contributed by atoms with Gasteiger partial charge in [0.05, 0.1) is 12.5 Å². The Balaban J connectivity index is 1.62. The van der Waals surface area contributed by atoms with E-state index < -0.39 is 0 Å². The molecule has 2 aromatic carbocycles. The second-order valence-corrected chi connectivity index (χ2v) is 6.07. The molecular weight excluding hydrogens is 312 g/mol. The Hall–Kier alpha value is -2.00. The van der Waals surface area contributed by atoms with E-state index >= 15 is 0 Å². The molecule has 2 atom stereocenters. The fourth-order valence-corrected chi connectivity index (χ4v) is 3.00. The van der Waals surface area contributed by atoms with Crippen molar-refractivity contribution in [3.05, 3.63) is 64.7 Å². The fourth-order valence-electron chi connectivity index (χ4n) is 2.69. The highest BCUT2D eigenvalue weighted by molar-refractivity contribution is 6.31. The van der Waals surface area contributed by atoms with Crippen molar-refractivity contribution in [2.45, 2.75) is 25.9 Å². The number of esters is 1. The average molecular weight is 331 g/mol. The van der Waals surface area contributed by atoms with Crippen molar-refractivity contribution in [3.8, 4) is 5.75 Å². The maximum atomic E-state index is 11.7. The second-order valence-electron chi connectivity index (χ2n) is 5.66. The van der Waals surface area contributed by atoms with Crippen LogP contribution in [0.3, 0.4) is 0 Å². The number of hydrogen-bond donors (Lipinski definition) is 0. The Kier molecular flexibility index (Phi) is 4.87. The maximum Gasteiger partial charge on any atom is 0.309 e. The number of ether oxygens (including phenoxy) is 2. The van der Waals surface area contributed by atoms with Gasteiger partial charge in [-0.25, -0.2) is 0 Å². The summed E-state index contributed by atoms with van der Waals surface area (Å²) in [5.74, 6) is 0.724. The largest absolute Gasteiger partial charge is 0.489 e. The highest BCUT2D eigenvalue weighted by Gasteiger charge is 2.46. The van der Waals surface area contributed by atoms with Crippen molar-refractivity contribution >= 4 is 17.6 Å². The third-order valence-corrected chi connectivity index (χ3v) is 4.33. The van der Waals surface area contributed by atoms with E-state index in [9.17, 15) is 4.79 Å². The van der Waals surface area contributed by atoms with Gasteiger partial charge in [0.25, 0.3) is 0 Å². The predicted molar refractivity (Wildman–Crippen MR) is 89.7 cm³/mol. The predicted octanol–water partition coefficient (Wildman–Crippen LogP) is 4.59. The van der Waals surface area contributed by atoms with Crippen LogP contribution < -0.4 is 4.74 Å². The van der Waals surface area contributed by atoms with E-state index in [-0.39, 0.29) is 17.8 Å². The number of halogens is 1. The summed E-state index contributed by atoms with van der Waals surface area (Å²) in [6.45, 7) is 2.74. The van der Waals surface area contributed by atoms with Gasteiger partial charge in [-0.3, -0.25) is 4.79 Å². The average Bonchev–Trinajstić information content (AvgIpc) is 3.35. The lowest BCUT2D eigenvalue weighted by Crippen LogP contribution is -2.07. The molecule has 0 amide bonds. The van der Waals surface area contributed by atoms with Crippen molar-refractivity contribution in [1.29, 1.82) is 0 Å². The summed E-state index contributed by atoms with van der Waals surface area (Å²) < 4.78 is 10.8. The summed E-state index contributed by atoms with van der Waals surface area (Å²) in [7, 11) is 0. The first-order valence-corrected chi connectivity index (χ1v) is 8.19. The van der Waals surface area contributed by atoms with Crippen LogP contribution in [0.2, 0.25) is 5.02 Å². The standard InChI is InChI=1S/C19H19ClO3/c1-2-22-19(21)17-11-16(17)15-9-8-14(10-18(15)20)23-12-13-6-4-3-5-7-13/h3-10,16-17H,2,11-12H2,1H3. The summed E-state index contributed by atoms with van der Waals surface area (Å²) in [4.78, 5) is 11.7. The molecule has 0 aromatic heterocycles. The number of hydrogen-bond acceptors (Lipinski definition) is 3. The van der Waals surface area contributed by atoms with Crippen LogP contribution in [0, 0.1) is 5.92 Å². The SMILES string of the molecule is CCOC(=O)C1CC1c1ccc(OCc2ccccc2)cc1Cl. The van der Waals surface area contributed by atoms with E-state index in [2.05, 4.69) is 0 Å². The lowest BCUT2D eigenvalue weighted by Gasteiger charge is -2.09. The van der Waals surface area contributed by atoms with Crippen molar-refractivity contribution in [2.24, 2.45) is 5.92 Å². The van der Waals surface area contributed by atoms with Crippen LogP contribution in [0.5, 0.6) is 5.75 Å². The molecule has 0 spiro atoms. The molecule has 1 fully saturated rings. The van der Waals surface area contributed by atoms with Gasteiger partial charge < -0.3 is 9.47 Å². The minimum absolute atomic E-state index is 0.0523. The van der Waals surface area contributed by atoms with Crippen molar-refractivity contribution in [3.63, 3.8) is 0 Å². The normalized spacial score (nSPS) is 19.2. The molecule has 0 bridgehead atoms. The zero-order valence-electron chi connectivity index (χ0n) is 13.0. The Labute approximate surface area is 141 Å². The Bertz CT molecular complexity index is 684. The van der Waals surface area contributed by atoms with Gasteiger partial charge in [-0.1, -0.05) is 48.0 Å². The van der Waals surface area contributed by atoms with E-state index in [4.69, 9.17) is 21.1 Å². The van der Waals surface area contributed by atoms with Crippen molar-refractivity contribution < 1.29 is 14.3 Å². The van der Waals surface area contributed by atoms with E-state index in [0.717, 1.165) is 23.3 Å². The molecule has 23 heavy (non-hydrogen) atoms. The molecule has 3 nitrogen and oxygen atoms in total. The van der Waals surface area contributed by atoms with Gasteiger partial charge >= 0.3 is 5.97 Å². The van der Waals surface area contributed by atoms with Gasteiger partial charge in [0, 0.05) is 5.02 Å². The number of rotatable bonds is 6. The molecule has 0 radical (unpaired) electrons. The van der Waals surface area contributed by atoms with Crippen LogP contribution in [-0.2, 0) is 16.1 Å². The lowest BCUT2D eigenvalue weighted by atomic mass is 10.1. The molecule has 1 aliphatic carbocycles. The van der Waals surface area contributed by atoms with E-state index in [1.165, 1.54) is 0 Å². The summed E-state index contributed by atoms with van der Waals surface area (Å²) >= 11 is 6.36. The summed E-state index contributed by atoms with van der Waals surface area (Å²) in [6.07, 6.45) is 0.808. The van der Waals surface area contributed by atoms with E-state index in [1.54, 1.807) is 0 Å². The summed E-state index contributed by atoms with van der Waals surface area (Å²) in [5.41, 5.74) is 2.11. The van der Waals surface area contributed by atoms with Gasteiger partial charge in [0.15, 0.2) is 0 Å². The van der Waals surface area contributed by atoms with Crippen molar-refractivity contribution in [1.82, 2.24) is 0 Å². The molecule has 2 unspecified atom stereocenters. The summed E-state index contributed by atoms with van der Waals surface area (Å²) in [6, 6.07) is 15.7. The van der Waals surface area contributed by atoms with Gasteiger partial charge in [0.2, 0.25) is 0 Å². The van der Waals surface area contributed by atoms with Gasteiger partial charge in [0.1, 0.15) is 12.4 Å². The van der Waals surface area contributed by atoms with Crippen LogP contribution in [0.4, 0.5) is 0 Å². The molecule has 2 aromatic rings. The first kappa shape index (κ1) is 15.9. The Morgan fingerprint density at radius 3 is 2.70 bits per heavy atom. The highest BCUT2D eigenvalue weighted by atomic mass is 35.5. The first-order valence-electron chi connectivity index (χ1n) is 7.82. The smallest absolute Gasteiger partial charge is 0.309 e. The molecule has 120 valence electrons.